The quantitative estimate of drug-likeness (QED) is 0.388. The van der Waals surface area contributed by atoms with E-state index in [1.54, 1.807) is 18.2 Å². The number of carbonyl (C=O) groups is 2. The van der Waals surface area contributed by atoms with E-state index in [1.165, 1.54) is 11.8 Å². The minimum Gasteiger partial charge on any atom is -0.302 e. The van der Waals surface area contributed by atoms with Crippen LogP contribution >= 0.6 is 27.7 Å². The van der Waals surface area contributed by atoms with Crippen molar-refractivity contribution in [2.75, 3.05) is 5.75 Å². The maximum absolute atomic E-state index is 12.2. The second kappa shape index (κ2) is 10.4. The van der Waals surface area contributed by atoms with Crippen molar-refractivity contribution in [1.29, 1.82) is 0 Å². The summed E-state index contributed by atoms with van der Waals surface area (Å²) in [4.78, 5) is 24.4. The Morgan fingerprint density at radius 3 is 2.63 bits per heavy atom. The Bertz CT molecular complexity index is 1050. The van der Waals surface area contributed by atoms with Crippen LogP contribution in [0.5, 0.6) is 0 Å². The lowest BCUT2D eigenvalue weighted by Gasteiger charge is -2.10. The predicted molar refractivity (Wildman–Crippen MR) is 121 cm³/mol. The molecule has 0 aliphatic carbocycles. The minimum absolute atomic E-state index is 0.103. The second-order valence-corrected chi connectivity index (χ2v) is 8.39. The lowest BCUT2D eigenvalue weighted by molar-refractivity contribution is -0.119. The molecular formula is C21H22BrN5O2S. The number of nitrogens with zero attached hydrogens (tertiary/aromatic N) is 3. The number of aryl methyl sites for hydroxylation is 1. The zero-order chi connectivity index (χ0) is 21.5. The Morgan fingerprint density at radius 1 is 1.10 bits per heavy atom. The van der Waals surface area contributed by atoms with Crippen LogP contribution in [0.1, 0.15) is 29.3 Å². The highest BCUT2D eigenvalue weighted by Crippen LogP contribution is 2.25. The van der Waals surface area contributed by atoms with Gasteiger partial charge in [0.05, 0.1) is 11.3 Å². The highest BCUT2D eigenvalue weighted by molar-refractivity contribution is 9.10. The highest BCUT2D eigenvalue weighted by Gasteiger charge is 2.16. The molecule has 3 rings (SSSR count). The SMILES string of the molecule is CCCn1c(SCC(=O)NNC(=O)c2ccccc2Br)nnc1-c1cccc(C)c1. The van der Waals surface area contributed by atoms with Gasteiger partial charge in [-0.1, -0.05) is 54.6 Å². The van der Waals surface area contributed by atoms with E-state index in [9.17, 15) is 9.59 Å². The van der Waals surface area contributed by atoms with Gasteiger partial charge in [-0.25, -0.2) is 0 Å². The zero-order valence-electron chi connectivity index (χ0n) is 16.7. The van der Waals surface area contributed by atoms with Gasteiger partial charge in [-0.05, 0) is 47.5 Å². The molecule has 0 saturated heterocycles. The van der Waals surface area contributed by atoms with E-state index < -0.39 is 5.91 Å². The number of benzene rings is 2. The summed E-state index contributed by atoms with van der Waals surface area (Å²) in [5, 5.41) is 9.27. The van der Waals surface area contributed by atoms with Gasteiger partial charge >= 0.3 is 0 Å². The Morgan fingerprint density at radius 2 is 1.90 bits per heavy atom. The van der Waals surface area contributed by atoms with Gasteiger partial charge in [0.15, 0.2) is 11.0 Å². The molecule has 9 heteroatoms. The average molecular weight is 488 g/mol. The monoisotopic (exact) mass is 487 g/mol. The van der Waals surface area contributed by atoms with Crippen LogP contribution in [0.3, 0.4) is 0 Å². The topological polar surface area (TPSA) is 88.9 Å². The van der Waals surface area contributed by atoms with Crippen molar-refractivity contribution < 1.29 is 9.59 Å². The first-order valence-electron chi connectivity index (χ1n) is 9.46. The largest absolute Gasteiger partial charge is 0.302 e. The number of nitrogens with one attached hydrogen (secondary N) is 2. The predicted octanol–water partition coefficient (Wildman–Crippen LogP) is 3.98. The Balaban J connectivity index is 1.62. The van der Waals surface area contributed by atoms with Crippen LogP contribution in [-0.2, 0) is 11.3 Å². The van der Waals surface area contributed by atoms with Gasteiger partial charge in [-0.15, -0.1) is 10.2 Å². The molecule has 0 aliphatic rings. The molecule has 2 amide bonds. The van der Waals surface area contributed by atoms with Gasteiger partial charge in [0, 0.05) is 16.6 Å². The van der Waals surface area contributed by atoms with E-state index in [1.807, 2.05) is 35.8 Å². The van der Waals surface area contributed by atoms with Crippen LogP contribution in [0, 0.1) is 6.92 Å². The fourth-order valence-corrected chi connectivity index (χ4v) is 4.05. The van der Waals surface area contributed by atoms with Crippen LogP contribution in [0.25, 0.3) is 11.4 Å². The molecule has 156 valence electrons. The third-order valence-corrected chi connectivity index (χ3v) is 5.86. The van der Waals surface area contributed by atoms with Crippen molar-refractivity contribution in [1.82, 2.24) is 25.6 Å². The molecule has 0 radical (unpaired) electrons. The normalized spacial score (nSPS) is 10.6. The Kier molecular flexibility index (Phi) is 7.64. The molecule has 1 heterocycles. The molecule has 0 unspecified atom stereocenters. The molecule has 2 N–H and O–H groups in total. The first-order valence-corrected chi connectivity index (χ1v) is 11.2. The standard InChI is InChI=1S/C21H22BrN5O2S/c1-3-11-27-19(15-8-6-7-14(2)12-15)24-26-21(27)30-13-18(28)23-25-20(29)16-9-4-5-10-17(16)22/h4-10,12H,3,11,13H2,1-2H3,(H,23,28)(H,25,29). The summed E-state index contributed by atoms with van der Waals surface area (Å²) in [5.41, 5.74) is 7.45. The number of amides is 2. The summed E-state index contributed by atoms with van der Waals surface area (Å²) >= 11 is 4.60. The molecular weight excluding hydrogens is 466 g/mol. The van der Waals surface area contributed by atoms with Gasteiger partial charge in [0.25, 0.3) is 5.91 Å². The molecule has 0 fully saturated rings. The summed E-state index contributed by atoms with van der Waals surface area (Å²) in [7, 11) is 0. The van der Waals surface area contributed by atoms with Crippen LogP contribution in [0.15, 0.2) is 58.2 Å². The number of halogens is 1. The van der Waals surface area contributed by atoms with Crippen molar-refractivity contribution >= 4 is 39.5 Å². The lowest BCUT2D eigenvalue weighted by Crippen LogP contribution is -2.42. The molecule has 0 bridgehead atoms. The zero-order valence-corrected chi connectivity index (χ0v) is 19.1. The third-order valence-electron chi connectivity index (χ3n) is 4.21. The van der Waals surface area contributed by atoms with Crippen molar-refractivity contribution in [3.05, 3.63) is 64.1 Å². The number of hydrogen-bond donors (Lipinski definition) is 2. The first-order chi connectivity index (χ1) is 14.5. The average Bonchev–Trinajstić information content (AvgIpc) is 3.13. The molecule has 0 atom stereocenters. The van der Waals surface area contributed by atoms with E-state index >= 15 is 0 Å². The van der Waals surface area contributed by atoms with Crippen molar-refractivity contribution in [3.63, 3.8) is 0 Å². The molecule has 0 aliphatic heterocycles. The van der Waals surface area contributed by atoms with Crippen molar-refractivity contribution in [2.45, 2.75) is 32.0 Å². The molecule has 1 aromatic heterocycles. The number of aromatic nitrogens is 3. The number of hydrazine groups is 1. The minimum atomic E-state index is -0.392. The maximum Gasteiger partial charge on any atom is 0.270 e. The van der Waals surface area contributed by atoms with Crippen LogP contribution < -0.4 is 10.9 Å². The summed E-state index contributed by atoms with van der Waals surface area (Å²) in [6.07, 6.45) is 0.915. The van der Waals surface area contributed by atoms with Crippen LogP contribution in [-0.4, -0.2) is 32.3 Å². The van der Waals surface area contributed by atoms with Crippen LogP contribution in [0.2, 0.25) is 0 Å². The fraction of sp³-hybridized carbons (Fsp3) is 0.238. The molecule has 3 aromatic rings. The molecule has 0 saturated carbocycles. The number of thioether (sulfide) groups is 1. The van der Waals surface area contributed by atoms with Gasteiger partial charge in [-0.3, -0.25) is 20.4 Å². The summed E-state index contributed by atoms with van der Waals surface area (Å²) in [5.74, 6) is 0.164. The number of hydrogen-bond acceptors (Lipinski definition) is 5. The van der Waals surface area contributed by atoms with E-state index in [-0.39, 0.29) is 11.7 Å². The van der Waals surface area contributed by atoms with Crippen LogP contribution in [0.4, 0.5) is 0 Å². The smallest absolute Gasteiger partial charge is 0.270 e. The molecule has 0 spiro atoms. The van der Waals surface area contributed by atoms with Gasteiger partial charge in [0.1, 0.15) is 0 Å². The third kappa shape index (κ3) is 5.48. The summed E-state index contributed by atoms with van der Waals surface area (Å²) in [6.45, 7) is 4.86. The highest BCUT2D eigenvalue weighted by atomic mass is 79.9. The first kappa shape index (κ1) is 22.0. The van der Waals surface area contributed by atoms with E-state index in [0.29, 0.717) is 15.2 Å². The Hall–Kier alpha value is -2.65. The van der Waals surface area contributed by atoms with Crippen molar-refractivity contribution in [3.8, 4) is 11.4 Å². The van der Waals surface area contributed by atoms with Crippen molar-refractivity contribution in [2.24, 2.45) is 0 Å². The van der Waals surface area contributed by atoms with E-state index in [2.05, 4.69) is 50.0 Å². The maximum atomic E-state index is 12.2. The molecule has 2 aromatic carbocycles. The number of carbonyl (C=O) groups excluding carboxylic acids is 2. The van der Waals surface area contributed by atoms with E-state index in [0.717, 1.165) is 29.9 Å². The fourth-order valence-electron chi connectivity index (χ4n) is 2.82. The van der Waals surface area contributed by atoms with Gasteiger partial charge < -0.3 is 4.57 Å². The lowest BCUT2D eigenvalue weighted by atomic mass is 10.1. The van der Waals surface area contributed by atoms with Gasteiger partial charge in [0.2, 0.25) is 5.91 Å². The van der Waals surface area contributed by atoms with E-state index in [4.69, 9.17) is 0 Å². The molecule has 7 nitrogen and oxygen atoms in total. The second-order valence-electron chi connectivity index (χ2n) is 6.60. The van der Waals surface area contributed by atoms with Gasteiger partial charge in [-0.2, -0.15) is 0 Å². The Labute approximate surface area is 187 Å². The summed E-state index contributed by atoms with van der Waals surface area (Å²) in [6, 6.07) is 15.1. The molecule has 30 heavy (non-hydrogen) atoms. The number of rotatable bonds is 7. The summed E-state index contributed by atoms with van der Waals surface area (Å²) < 4.78 is 2.68.